The quantitative estimate of drug-likeness (QED) is 0.138. The van der Waals surface area contributed by atoms with Crippen LogP contribution in [0.4, 0.5) is 0 Å². The molecule has 7 nitrogen and oxygen atoms in total. The average Bonchev–Trinajstić information content (AvgIpc) is 3.49. The fourth-order valence-electron chi connectivity index (χ4n) is 4.23. The molecule has 2 aromatic carbocycles. The molecule has 0 bridgehead atoms. The van der Waals surface area contributed by atoms with Gasteiger partial charge in [-0.1, -0.05) is 53.9 Å². The van der Waals surface area contributed by atoms with E-state index >= 15 is 0 Å². The third-order valence-electron chi connectivity index (χ3n) is 6.07. The summed E-state index contributed by atoms with van der Waals surface area (Å²) in [7, 11) is 1.54. The molecule has 8 heteroatoms. The summed E-state index contributed by atoms with van der Waals surface area (Å²) in [5.74, 6) is -0.135. The Morgan fingerprint density at radius 3 is 2.53 bits per heavy atom. The molecule has 1 aliphatic heterocycles. The first-order valence-electron chi connectivity index (χ1n) is 11.8. The van der Waals surface area contributed by atoms with Crippen LogP contribution in [0.5, 0.6) is 11.5 Å². The lowest BCUT2D eigenvalue weighted by atomic mass is 9.95. The lowest BCUT2D eigenvalue weighted by Gasteiger charge is -2.25. The Hall–Kier alpha value is -3.52. The van der Waals surface area contributed by atoms with Crippen molar-refractivity contribution in [1.82, 2.24) is 4.90 Å². The Morgan fingerprint density at radius 1 is 1.08 bits per heavy atom. The van der Waals surface area contributed by atoms with Crippen LogP contribution >= 0.6 is 15.9 Å². The van der Waals surface area contributed by atoms with E-state index in [2.05, 4.69) is 22.9 Å². The molecule has 36 heavy (non-hydrogen) atoms. The molecule has 4 rings (SSSR count). The van der Waals surface area contributed by atoms with E-state index in [4.69, 9.17) is 13.9 Å². The van der Waals surface area contributed by atoms with Gasteiger partial charge in [0, 0.05) is 10.0 Å². The van der Waals surface area contributed by atoms with Crippen LogP contribution in [-0.4, -0.2) is 35.4 Å². The fourth-order valence-corrected chi connectivity index (χ4v) is 4.50. The minimum absolute atomic E-state index is 0.00699. The highest BCUT2D eigenvalue weighted by atomic mass is 79.9. The first kappa shape index (κ1) is 25.6. The summed E-state index contributed by atoms with van der Waals surface area (Å²) in [6, 6.07) is 14.8. The van der Waals surface area contributed by atoms with Crippen molar-refractivity contribution in [3.63, 3.8) is 0 Å². The molecule has 0 spiro atoms. The van der Waals surface area contributed by atoms with Gasteiger partial charge in [0.25, 0.3) is 11.7 Å². The molecule has 1 N–H and O–H groups in total. The third kappa shape index (κ3) is 5.33. The van der Waals surface area contributed by atoms with E-state index in [1.54, 1.807) is 61.7 Å². The van der Waals surface area contributed by atoms with Crippen molar-refractivity contribution < 1.29 is 28.6 Å². The van der Waals surface area contributed by atoms with Crippen molar-refractivity contribution in [3.8, 4) is 11.5 Å². The number of unbranched alkanes of at least 4 members (excludes halogenated alkanes) is 2. The smallest absolute Gasteiger partial charge is 0.296 e. The number of ether oxygens (including phenoxy) is 2. The molecule has 0 saturated carbocycles. The highest BCUT2D eigenvalue weighted by molar-refractivity contribution is 9.10. The second-order valence-corrected chi connectivity index (χ2v) is 9.39. The SMILES string of the molecule is CCCCCOc1ccc(C2C(=C(O)c3ccc(Br)cc3)C(=O)C(=O)N2Cc2ccco2)cc1OC. The number of carbonyl (C=O) groups excluding carboxylic acids is 2. The molecule has 1 atom stereocenters. The van der Waals surface area contributed by atoms with Gasteiger partial charge in [0.2, 0.25) is 0 Å². The van der Waals surface area contributed by atoms with Crippen LogP contribution in [0, 0.1) is 0 Å². The Labute approximate surface area is 218 Å². The van der Waals surface area contributed by atoms with Crippen LogP contribution in [0.25, 0.3) is 5.76 Å². The van der Waals surface area contributed by atoms with E-state index in [1.165, 1.54) is 11.2 Å². The number of hydrogen-bond donors (Lipinski definition) is 1. The summed E-state index contributed by atoms with van der Waals surface area (Å²) >= 11 is 3.38. The summed E-state index contributed by atoms with van der Waals surface area (Å²) in [6.07, 6.45) is 4.60. The first-order valence-corrected chi connectivity index (χ1v) is 12.6. The Bertz CT molecular complexity index is 1250. The molecule has 1 saturated heterocycles. The van der Waals surface area contributed by atoms with Gasteiger partial charge in [0.15, 0.2) is 11.5 Å². The van der Waals surface area contributed by atoms with Gasteiger partial charge >= 0.3 is 0 Å². The van der Waals surface area contributed by atoms with Gasteiger partial charge in [-0.15, -0.1) is 0 Å². The number of amides is 1. The van der Waals surface area contributed by atoms with Gasteiger partial charge in [-0.25, -0.2) is 0 Å². The topological polar surface area (TPSA) is 89.2 Å². The number of carbonyl (C=O) groups is 2. The third-order valence-corrected chi connectivity index (χ3v) is 6.60. The Morgan fingerprint density at radius 2 is 1.86 bits per heavy atom. The Kier molecular flexibility index (Phi) is 8.15. The molecular weight excluding hydrogens is 526 g/mol. The average molecular weight is 554 g/mol. The highest BCUT2D eigenvalue weighted by Gasteiger charge is 2.46. The Balaban J connectivity index is 1.78. The highest BCUT2D eigenvalue weighted by Crippen LogP contribution is 2.42. The van der Waals surface area contributed by atoms with Crippen LogP contribution in [0.1, 0.15) is 49.1 Å². The maximum absolute atomic E-state index is 13.2. The number of furan rings is 1. The van der Waals surface area contributed by atoms with Gasteiger partial charge in [0.05, 0.1) is 38.1 Å². The molecule has 1 fully saturated rings. The zero-order valence-electron chi connectivity index (χ0n) is 20.2. The molecule has 0 aliphatic carbocycles. The number of methoxy groups -OCH3 is 1. The lowest BCUT2D eigenvalue weighted by molar-refractivity contribution is -0.140. The predicted molar refractivity (Wildman–Crippen MR) is 139 cm³/mol. The minimum Gasteiger partial charge on any atom is -0.507 e. The van der Waals surface area contributed by atoms with E-state index in [1.807, 2.05) is 0 Å². The predicted octanol–water partition coefficient (Wildman–Crippen LogP) is 6.24. The summed E-state index contributed by atoms with van der Waals surface area (Å²) in [6.45, 7) is 2.75. The van der Waals surface area contributed by atoms with Crippen LogP contribution < -0.4 is 9.47 Å². The van der Waals surface area contributed by atoms with Crippen molar-refractivity contribution in [2.75, 3.05) is 13.7 Å². The number of halogens is 1. The zero-order chi connectivity index (χ0) is 25.7. The standard InChI is InChI=1S/C28H28BrNO6/c1-3-4-5-14-36-22-13-10-19(16-23(22)34-2)25-24(26(31)18-8-11-20(29)12-9-18)27(32)28(33)30(25)17-21-7-6-15-35-21/h6-13,15-16,25,31H,3-5,14,17H2,1-2H3. The minimum atomic E-state index is -0.846. The van der Waals surface area contributed by atoms with Gasteiger partial charge in [-0.05, 0) is 48.4 Å². The molecule has 188 valence electrons. The number of likely N-dealkylation sites (tertiary alicyclic amines) is 1. The van der Waals surface area contributed by atoms with Crippen LogP contribution in [0.15, 0.2) is 75.3 Å². The maximum Gasteiger partial charge on any atom is 0.296 e. The van der Waals surface area contributed by atoms with Crippen molar-refractivity contribution in [3.05, 3.63) is 87.8 Å². The van der Waals surface area contributed by atoms with Gasteiger partial charge in [0.1, 0.15) is 11.5 Å². The summed E-state index contributed by atoms with van der Waals surface area (Å²) < 4.78 is 17.8. The van der Waals surface area contributed by atoms with Crippen molar-refractivity contribution in [2.24, 2.45) is 0 Å². The summed E-state index contributed by atoms with van der Waals surface area (Å²) in [5.41, 5.74) is 1.05. The summed E-state index contributed by atoms with van der Waals surface area (Å²) in [4.78, 5) is 27.8. The molecule has 1 aromatic heterocycles. The number of nitrogens with zero attached hydrogens (tertiary/aromatic N) is 1. The van der Waals surface area contributed by atoms with E-state index < -0.39 is 17.7 Å². The first-order chi connectivity index (χ1) is 17.4. The van der Waals surface area contributed by atoms with E-state index in [0.717, 1.165) is 23.7 Å². The van der Waals surface area contributed by atoms with Gasteiger partial charge < -0.3 is 23.9 Å². The molecule has 1 amide bonds. The van der Waals surface area contributed by atoms with Gasteiger partial charge in [-0.2, -0.15) is 0 Å². The normalized spacial score (nSPS) is 17.0. The molecule has 0 radical (unpaired) electrons. The molecule has 1 aliphatic rings. The van der Waals surface area contributed by atoms with Crippen molar-refractivity contribution in [1.29, 1.82) is 0 Å². The van der Waals surface area contributed by atoms with Crippen molar-refractivity contribution >= 4 is 33.4 Å². The second-order valence-electron chi connectivity index (χ2n) is 8.48. The van der Waals surface area contributed by atoms with E-state index in [9.17, 15) is 14.7 Å². The number of aliphatic hydroxyl groups is 1. The number of ketones is 1. The fraction of sp³-hybridized carbons (Fsp3) is 0.286. The number of rotatable bonds is 10. The lowest BCUT2D eigenvalue weighted by Crippen LogP contribution is -2.29. The van der Waals surface area contributed by atoms with Crippen LogP contribution in [0.3, 0.4) is 0 Å². The maximum atomic E-state index is 13.2. The number of Topliss-reactive ketones (excluding diaryl/α,β-unsaturated/α-hetero) is 1. The molecule has 2 heterocycles. The molecule has 1 unspecified atom stereocenters. The second kappa shape index (κ2) is 11.5. The monoisotopic (exact) mass is 553 g/mol. The number of aliphatic hydroxyl groups excluding tert-OH is 1. The summed E-state index contributed by atoms with van der Waals surface area (Å²) in [5, 5.41) is 11.2. The van der Waals surface area contributed by atoms with Crippen LogP contribution in [0.2, 0.25) is 0 Å². The van der Waals surface area contributed by atoms with Crippen LogP contribution in [-0.2, 0) is 16.1 Å². The number of hydrogen-bond acceptors (Lipinski definition) is 6. The molecule has 3 aromatic rings. The van der Waals surface area contributed by atoms with E-state index in [0.29, 0.717) is 35.0 Å². The van der Waals surface area contributed by atoms with Crippen molar-refractivity contribution in [2.45, 2.75) is 38.8 Å². The van der Waals surface area contributed by atoms with Gasteiger partial charge in [-0.3, -0.25) is 9.59 Å². The molecular formula is C28H28BrNO6. The largest absolute Gasteiger partial charge is 0.507 e. The number of benzene rings is 2. The van der Waals surface area contributed by atoms with E-state index in [-0.39, 0.29) is 17.9 Å². The zero-order valence-corrected chi connectivity index (χ0v) is 21.8.